The number of aliphatic carboxylic acids is 1. The molecule has 7 heteroatoms. The predicted octanol–water partition coefficient (Wildman–Crippen LogP) is 2.35. The maximum absolute atomic E-state index is 10.8. The monoisotopic (exact) mass is 307 g/mol. The molecule has 2 atom stereocenters. The van der Waals surface area contributed by atoms with Gasteiger partial charge in [0.1, 0.15) is 5.52 Å². The molecule has 1 fully saturated rings. The third-order valence-corrected chi connectivity index (χ3v) is 4.78. The summed E-state index contributed by atoms with van der Waals surface area (Å²) in [5.74, 6) is -0.824. The number of carbonyl (C=O) groups is 1. The van der Waals surface area contributed by atoms with Crippen molar-refractivity contribution in [2.75, 3.05) is 12.9 Å². The van der Waals surface area contributed by atoms with E-state index in [0.717, 1.165) is 35.5 Å². The first-order chi connectivity index (χ1) is 10.2. The normalized spacial score (nSPS) is 22.0. The maximum atomic E-state index is 10.8. The number of hydrogen-bond acceptors (Lipinski definition) is 5. The van der Waals surface area contributed by atoms with Crippen molar-refractivity contribution in [1.29, 1.82) is 0 Å². The van der Waals surface area contributed by atoms with Crippen LogP contribution in [-0.2, 0) is 9.53 Å². The molecule has 112 valence electrons. The van der Waals surface area contributed by atoms with Gasteiger partial charge in [-0.2, -0.15) is 0 Å². The van der Waals surface area contributed by atoms with Gasteiger partial charge in [0, 0.05) is 19.3 Å². The number of methoxy groups -OCH3 is 1. The number of nitrogens with zero attached hydrogens (tertiary/aromatic N) is 3. The Bertz CT molecular complexity index is 658. The topological polar surface area (TPSA) is 77.2 Å². The second kappa shape index (κ2) is 6.03. The smallest absolute Gasteiger partial charge is 0.313 e. The molecule has 2 aromatic rings. The van der Waals surface area contributed by atoms with Crippen LogP contribution in [0.2, 0.25) is 0 Å². The zero-order chi connectivity index (χ0) is 14.8. The fourth-order valence-corrected chi connectivity index (χ4v) is 3.68. The zero-order valence-electron chi connectivity index (χ0n) is 11.7. The Hall–Kier alpha value is -1.60. The lowest BCUT2D eigenvalue weighted by Gasteiger charge is -2.16. The van der Waals surface area contributed by atoms with Crippen molar-refractivity contribution in [3.63, 3.8) is 0 Å². The number of fused-ring (bicyclic) bond motifs is 1. The highest BCUT2D eigenvalue weighted by molar-refractivity contribution is 7.99. The quantitative estimate of drug-likeness (QED) is 0.854. The van der Waals surface area contributed by atoms with Crippen LogP contribution in [0.4, 0.5) is 0 Å². The number of imidazole rings is 1. The molecule has 2 unspecified atom stereocenters. The van der Waals surface area contributed by atoms with E-state index in [9.17, 15) is 4.79 Å². The van der Waals surface area contributed by atoms with Crippen molar-refractivity contribution >= 4 is 28.8 Å². The Morgan fingerprint density at radius 1 is 1.57 bits per heavy atom. The number of carboxylic acid groups (broad SMARTS) is 1. The number of aromatic nitrogens is 3. The lowest BCUT2D eigenvalue weighted by Crippen LogP contribution is -2.10. The fourth-order valence-electron chi connectivity index (χ4n) is 2.88. The summed E-state index contributed by atoms with van der Waals surface area (Å²) in [7, 11) is 1.74. The van der Waals surface area contributed by atoms with Gasteiger partial charge in [-0.3, -0.25) is 9.78 Å². The summed E-state index contributed by atoms with van der Waals surface area (Å²) < 4.78 is 7.60. The van der Waals surface area contributed by atoms with Gasteiger partial charge in [0.15, 0.2) is 5.16 Å². The average Bonchev–Trinajstić information content (AvgIpc) is 3.08. The summed E-state index contributed by atoms with van der Waals surface area (Å²) in [6.07, 6.45) is 6.72. The van der Waals surface area contributed by atoms with Crippen LogP contribution in [0.25, 0.3) is 11.0 Å². The molecule has 3 rings (SSSR count). The molecule has 0 aromatic carbocycles. The Labute approximate surface area is 126 Å². The standard InChI is InChI=1S/C14H17N3O3S/c1-20-10-3-2-9(6-10)17-12-4-5-15-7-11(12)16-14(17)21-8-13(18)19/h4-5,7,9-10H,2-3,6,8H2,1H3,(H,18,19). The van der Waals surface area contributed by atoms with Crippen LogP contribution in [0, 0.1) is 0 Å². The third-order valence-electron chi connectivity index (χ3n) is 3.84. The molecule has 6 nitrogen and oxygen atoms in total. The number of ether oxygens (including phenoxy) is 1. The minimum absolute atomic E-state index is 0.0111. The van der Waals surface area contributed by atoms with Crippen LogP contribution in [0.15, 0.2) is 23.6 Å². The number of hydrogen-bond donors (Lipinski definition) is 1. The van der Waals surface area contributed by atoms with Crippen molar-refractivity contribution < 1.29 is 14.6 Å². The first-order valence-corrected chi connectivity index (χ1v) is 7.87. The predicted molar refractivity (Wildman–Crippen MR) is 79.6 cm³/mol. The number of pyridine rings is 1. The molecule has 0 amide bonds. The van der Waals surface area contributed by atoms with Crippen LogP contribution < -0.4 is 0 Å². The lowest BCUT2D eigenvalue weighted by molar-refractivity contribution is -0.133. The summed E-state index contributed by atoms with van der Waals surface area (Å²) in [6.45, 7) is 0. The van der Waals surface area contributed by atoms with Gasteiger partial charge in [-0.05, 0) is 25.3 Å². The summed E-state index contributed by atoms with van der Waals surface area (Å²) in [5.41, 5.74) is 1.82. The van der Waals surface area contributed by atoms with Gasteiger partial charge in [-0.15, -0.1) is 0 Å². The van der Waals surface area contributed by atoms with E-state index in [1.807, 2.05) is 6.07 Å². The van der Waals surface area contributed by atoms with E-state index in [4.69, 9.17) is 9.84 Å². The molecule has 2 heterocycles. The molecule has 1 saturated carbocycles. The molecule has 0 saturated heterocycles. The van der Waals surface area contributed by atoms with Crippen molar-refractivity contribution in [1.82, 2.24) is 14.5 Å². The van der Waals surface area contributed by atoms with E-state index in [0.29, 0.717) is 6.04 Å². The highest BCUT2D eigenvalue weighted by Gasteiger charge is 2.29. The fraction of sp³-hybridized carbons (Fsp3) is 0.500. The molecule has 2 aromatic heterocycles. The highest BCUT2D eigenvalue weighted by atomic mass is 32.2. The molecule has 1 aliphatic carbocycles. The van der Waals surface area contributed by atoms with E-state index in [1.54, 1.807) is 19.5 Å². The van der Waals surface area contributed by atoms with Gasteiger partial charge >= 0.3 is 5.97 Å². The van der Waals surface area contributed by atoms with Crippen molar-refractivity contribution in [2.45, 2.75) is 36.6 Å². The minimum Gasteiger partial charge on any atom is -0.481 e. The molecule has 0 radical (unpaired) electrons. The molecule has 21 heavy (non-hydrogen) atoms. The van der Waals surface area contributed by atoms with Crippen molar-refractivity contribution in [3.05, 3.63) is 18.5 Å². The molecule has 0 spiro atoms. The second-order valence-electron chi connectivity index (χ2n) is 5.14. The summed E-state index contributed by atoms with van der Waals surface area (Å²) in [5, 5.41) is 9.65. The number of rotatable bonds is 5. The van der Waals surface area contributed by atoms with Crippen molar-refractivity contribution in [2.24, 2.45) is 0 Å². The summed E-state index contributed by atoms with van der Waals surface area (Å²) >= 11 is 1.26. The Morgan fingerprint density at radius 2 is 2.43 bits per heavy atom. The highest BCUT2D eigenvalue weighted by Crippen LogP contribution is 2.37. The molecule has 0 aliphatic heterocycles. The van der Waals surface area contributed by atoms with Crippen LogP contribution >= 0.6 is 11.8 Å². The Morgan fingerprint density at radius 3 is 3.14 bits per heavy atom. The Kier molecular flexibility index (Phi) is 4.12. The van der Waals surface area contributed by atoms with Crippen LogP contribution in [-0.4, -0.2) is 44.6 Å². The van der Waals surface area contributed by atoms with E-state index >= 15 is 0 Å². The summed E-state index contributed by atoms with van der Waals surface area (Å²) in [6, 6.07) is 2.24. The minimum atomic E-state index is -0.835. The molecule has 1 N–H and O–H groups in total. The van der Waals surface area contributed by atoms with Gasteiger partial charge in [0.05, 0.1) is 23.6 Å². The van der Waals surface area contributed by atoms with Gasteiger partial charge in [-0.1, -0.05) is 11.8 Å². The molecular formula is C14H17N3O3S. The first kappa shape index (κ1) is 14.3. The molecule has 0 bridgehead atoms. The Balaban J connectivity index is 1.97. The van der Waals surface area contributed by atoms with Crippen LogP contribution in [0.3, 0.4) is 0 Å². The van der Waals surface area contributed by atoms with E-state index in [-0.39, 0.29) is 11.9 Å². The van der Waals surface area contributed by atoms with E-state index in [2.05, 4.69) is 14.5 Å². The van der Waals surface area contributed by atoms with E-state index < -0.39 is 5.97 Å². The first-order valence-electron chi connectivity index (χ1n) is 6.88. The molecule has 1 aliphatic rings. The number of thioether (sulfide) groups is 1. The molecular weight excluding hydrogens is 290 g/mol. The van der Waals surface area contributed by atoms with E-state index in [1.165, 1.54) is 11.8 Å². The average molecular weight is 307 g/mol. The summed E-state index contributed by atoms with van der Waals surface area (Å²) in [4.78, 5) is 19.5. The maximum Gasteiger partial charge on any atom is 0.313 e. The van der Waals surface area contributed by atoms with Gasteiger partial charge in [-0.25, -0.2) is 4.98 Å². The van der Waals surface area contributed by atoms with Crippen LogP contribution in [0.5, 0.6) is 0 Å². The lowest BCUT2D eigenvalue weighted by atomic mass is 10.2. The largest absolute Gasteiger partial charge is 0.481 e. The SMILES string of the molecule is COC1CCC(n2c(SCC(=O)O)nc3cnccc32)C1. The third kappa shape index (κ3) is 2.89. The van der Waals surface area contributed by atoms with Crippen molar-refractivity contribution in [3.8, 4) is 0 Å². The van der Waals surface area contributed by atoms with Gasteiger partial charge in [0.2, 0.25) is 0 Å². The van der Waals surface area contributed by atoms with Gasteiger partial charge < -0.3 is 14.4 Å². The van der Waals surface area contributed by atoms with Crippen LogP contribution in [0.1, 0.15) is 25.3 Å². The van der Waals surface area contributed by atoms with Gasteiger partial charge in [0.25, 0.3) is 0 Å². The zero-order valence-corrected chi connectivity index (χ0v) is 12.5. The number of carboxylic acids is 1. The second-order valence-corrected chi connectivity index (χ2v) is 6.08.